The van der Waals surface area contributed by atoms with Crippen LogP contribution in [0.25, 0.3) is 83.4 Å². The van der Waals surface area contributed by atoms with Gasteiger partial charge in [0.1, 0.15) is 0 Å². The van der Waals surface area contributed by atoms with Crippen LogP contribution in [0.3, 0.4) is 0 Å². The molecule has 46 heavy (non-hydrogen) atoms. The first-order valence-corrected chi connectivity index (χ1v) is 16.0. The molecule has 0 aliphatic carbocycles. The summed E-state index contributed by atoms with van der Waals surface area (Å²) in [5, 5.41) is 7.47. The first kappa shape index (κ1) is 27.9. The van der Waals surface area contributed by atoms with E-state index < -0.39 is 0 Å². The van der Waals surface area contributed by atoms with Crippen molar-refractivity contribution < 1.29 is 0 Å². The molecule has 8 rings (SSSR count). The number of hydrogen-bond acceptors (Lipinski definition) is 0. The van der Waals surface area contributed by atoms with Crippen LogP contribution < -0.4 is 0 Å². The number of rotatable bonds is 5. The SMILES string of the molecule is C=Cc1c(/C=C\C)c2ccccc2c2cc(-n3c4ccccc4c4cc(-c5ccc(C)c(-c6ccccc6C)c5)ccc43)ccc12. The van der Waals surface area contributed by atoms with Crippen LogP contribution in [0.1, 0.15) is 29.2 Å². The molecule has 0 N–H and O–H groups in total. The summed E-state index contributed by atoms with van der Waals surface area (Å²) in [5.41, 5.74) is 13.6. The maximum absolute atomic E-state index is 4.21. The standard InChI is InChI=1S/C45H35N/c1-5-13-36-34(6-2)39-24-23-33(28-42(39)38-17-10-9-16-37(36)38)46-44-19-12-11-18-40(44)43-27-32(22-25-45(43)46)31-21-20-30(4)41(26-31)35-15-8-7-14-29(35)3/h5-28H,2H2,1,3-4H3/b13-5-. The third kappa shape index (κ3) is 4.31. The molecule has 0 saturated carbocycles. The van der Waals surface area contributed by atoms with Gasteiger partial charge >= 0.3 is 0 Å². The van der Waals surface area contributed by atoms with Crippen LogP contribution in [0.2, 0.25) is 0 Å². The smallest absolute Gasteiger partial charge is 0.0541 e. The lowest BCUT2D eigenvalue weighted by atomic mass is 9.91. The molecule has 1 nitrogen and oxygen atoms in total. The summed E-state index contributed by atoms with van der Waals surface area (Å²) in [6.07, 6.45) is 6.32. The van der Waals surface area contributed by atoms with Gasteiger partial charge in [-0.05, 0) is 123 Å². The molecule has 0 amide bonds. The Kier molecular flexibility index (Phi) is 6.69. The molecule has 0 unspecified atom stereocenters. The van der Waals surface area contributed by atoms with Gasteiger partial charge in [-0.1, -0.05) is 116 Å². The number of fused-ring (bicyclic) bond motifs is 6. The van der Waals surface area contributed by atoms with Gasteiger partial charge in [0.15, 0.2) is 0 Å². The van der Waals surface area contributed by atoms with Crippen LogP contribution in [-0.2, 0) is 0 Å². The molecule has 0 atom stereocenters. The van der Waals surface area contributed by atoms with E-state index in [1.165, 1.54) is 87.9 Å². The highest BCUT2D eigenvalue weighted by molar-refractivity contribution is 6.16. The van der Waals surface area contributed by atoms with Crippen LogP contribution in [-0.4, -0.2) is 4.57 Å². The lowest BCUT2D eigenvalue weighted by Gasteiger charge is -2.16. The summed E-state index contributed by atoms with van der Waals surface area (Å²) >= 11 is 0. The van der Waals surface area contributed by atoms with Crippen molar-refractivity contribution in [3.8, 4) is 27.9 Å². The minimum atomic E-state index is 1.16. The van der Waals surface area contributed by atoms with Gasteiger partial charge in [-0.15, -0.1) is 0 Å². The third-order valence-corrected chi connectivity index (χ3v) is 9.57. The quantitative estimate of drug-likeness (QED) is 0.176. The van der Waals surface area contributed by atoms with Gasteiger partial charge in [-0.3, -0.25) is 0 Å². The Labute approximate surface area is 270 Å². The van der Waals surface area contributed by atoms with Gasteiger partial charge in [-0.2, -0.15) is 0 Å². The molecular weight excluding hydrogens is 555 g/mol. The van der Waals surface area contributed by atoms with Crippen molar-refractivity contribution >= 4 is 55.5 Å². The summed E-state index contributed by atoms with van der Waals surface area (Å²) in [7, 11) is 0. The Hall–Kier alpha value is -5.66. The molecule has 0 saturated heterocycles. The van der Waals surface area contributed by atoms with E-state index in [-0.39, 0.29) is 0 Å². The Morgan fingerprint density at radius 1 is 0.500 bits per heavy atom. The Morgan fingerprint density at radius 2 is 1.15 bits per heavy atom. The summed E-state index contributed by atoms with van der Waals surface area (Å²) in [6, 6.07) is 46.9. The van der Waals surface area contributed by atoms with E-state index in [1.54, 1.807) is 0 Å². The molecule has 0 aliphatic heterocycles. The number of allylic oxidation sites excluding steroid dienone is 1. The molecule has 7 aromatic carbocycles. The zero-order valence-corrected chi connectivity index (χ0v) is 26.5. The fourth-order valence-electron chi connectivity index (χ4n) is 7.34. The van der Waals surface area contributed by atoms with Crippen LogP contribution >= 0.6 is 0 Å². The number of aryl methyl sites for hydroxylation is 2. The van der Waals surface area contributed by atoms with Gasteiger partial charge in [-0.25, -0.2) is 0 Å². The van der Waals surface area contributed by atoms with E-state index in [2.05, 4.69) is 171 Å². The average molecular weight is 590 g/mol. The van der Waals surface area contributed by atoms with Gasteiger partial charge in [0.25, 0.3) is 0 Å². The molecule has 1 heteroatoms. The monoisotopic (exact) mass is 589 g/mol. The van der Waals surface area contributed by atoms with Gasteiger partial charge in [0.05, 0.1) is 11.0 Å². The zero-order valence-electron chi connectivity index (χ0n) is 26.5. The van der Waals surface area contributed by atoms with Crippen LogP contribution in [0, 0.1) is 13.8 Å². The van der Waals surface area contributed by atoms with Crippen molar-refractivity contribution in [1.82, 2.24) is 4.57 Å². The van der Waals surface area contributed by atoms with E-state index in [9.17, 15) is 0 Å². The number of aromatic nitrogens is 1. The molecule has 220 valence electrons. The Morgan fingerprint density at radius 3 is 1.96 bits per heavy atom. The normalized spacial score (nSPS) is 11.8. The molecule has 1 aromatic heterocycles. The molecule has 0 fully saturated rings. The first-order chi connectivity index (χ1) is 22.6. The minimum absolute atomic E-state index is 1.16. The molecule has 0 spiro atoms. The second-order valence-electron chi connectivity index (χ2n) is 12.2. The number of benzene rings is 7. The molecule has 1 heterocycles. The molecule has 8 aromatic rings. The summed E-state index contributed by atoms with van der Waals surface area (Å²) in [4.78, 5) is 0. The van der Waals surface area contributed by atoms with E-state index in [0.717, 1.165) is 5.69 Å². The van der Waals surface area contributed by atoms with Crippen molar-refractivity contribution in [3.63, 3.8) is 0 Å². The molecular formula is C45H35N. The maximum atomic E-state index is 4.21. The average Bonchev–Trinajstić information content (AvgIpc) is 3.43. The number of para-hydroxylation sites is 1. The summed E-state index contributed by atoms with van der Waals surface area (Å²) < 4.78 is 2.42. The van der Waals surface area contributed by atoms with E-state index in [4.69, 9.17) is 0 Å². The van der Waals surface area contributed by atoms with Crippen molar-refractivity contribution in [2.75, 3.05) is 0 Å². The van der Waals surface area contributed by atoms with E-state index in [0.29, 0.717) is 0 Å². The van der Waals surface area contributed by atoms with E-state index in [1.807, 2.05) is 6.08 Å². The van der Waals surface area contributed by atoms with Crippen LogP contribution in [0.4, 0.5) is 0 Å². The highest BCUT2D eigenvalue weighted by atomic mass is 15.0. The Bertz CT molecular complexity index is 2520. The lowest BCUT2D eigenvalue weighted by molar-refractivity contribution is 1.19. The predicted octanol–water partition coefficient (Wildman–Crippen LogP) is 12.7. The highest BCUT2D eigenvalue weighted by Crippen LogP contribution is 2.40. The van der Waals surface area contributed by atoms with Gasteiger partial charge in [0.2, 0.25) is 0 Å². The summed E-state index contributed by atoms with van der Waals surface area (Å²) in [5.74, 6) is 0. The van der Waals surface area contributed by atoms with Crippen molar-refractivity contribution in [2.45, 2.75) is 20.8 Å². The predicted molar refractivity (Wildman–Crippen MR) is 201 cm³/mol. The fourth-order valence-corrected chi connectivity index (χ4v) is 7.34. The highest BCUT2D eigenvalue weighted by Gasteiger charge is 2.17. The largest absolute Gasteiger partial charge is 0.309 e. The van der Waals surface area contributed by atoms with Crippen molar-refractivity contribution in [2.24, 2.45) is 0 Å². The number of nitrogens with zero attached hydrogens (tertiary/aromatic N) is 1. The second-order valence-corrected chi connectivity index (χ2v) is 12.2. The van der Waals surface area contributed by atoms with Gasteiger partial charge < -0.3 is 4.57 Å². The van der Waals surface area contributed by atoms with Gasteiger partial charge in [0, 0.05) is 16.5 Å². The first-order valence-electron chi connectivity index (χ1n) is 16.0. The van der Waals surface area contributed by atoms with E-state index >= 15 is 0 Å². The van der Waals surface area contributed by atoms with Crippen LogP contribution in [0.15, 0.2) is 140 Å². The number of hydrogen-bond donors (Lipinski definition) is 0. The maximum Gasteiger partial charge on any atom is 0.0541 e. The lowest BCUT2D eigenvalue weighted by Crippen LogP contribution is -1.96. The second kappa shape index (κ2) is 11.1. The zero-order chi connectivity index (χ0) is 31.4. The topological polar surface area (TPSA) is 4.93 Å². The fraction of sp³-hybridized carbons (Fsp3) is 0.0667. The van der Waals surface area contributed by atoms with Crippen LogP contribution in [0.5, 0.6) is 0 Å². The Balaban J connectivity index is 1.35. The molecule has 0 aliphatic rings. The molecule has 0 bridgehead atoms. The van der Waals surface area contributed by atoms with Crippen molar-refractivity contribution in [1.29, 1.82) is 0 Å². The third-order valence-electron chi connectivity index (χ3n) is 9.57. The molecule has 0 radical (unpaired) electrons. The van der Waals surface area contributed by atoms with Crippen molar-refractivity contribution in [3.05, 3.63) is 162 Å². The summed E-state index contributed by atoms with van der Waals surface area (Å²) in [6.45, 7) is 10.7. The minimum Gasteiger partial charge on any atom is -0.309 e.